The van der Waals surface area contributed by atoms with Crippen LogP contribution in [0.1, 0.15) is 107 Å². The smallest absolute Gasteiger partial charge is 0.399 e. The predicted molar refractivity (Wildman–Crippen MR) is 475 cm³/mol. The summed E-state index contributed by atoms with van der Waals surface area (Å²) in [4.78, 5) is 33.8. The average Bonchev–Trinajstić information content (AvgIpc) is 1.63. The minimum absolute atomic E-state index is 0. The fourth-order valence-corrected chi connectivity index (χ4v) is 14.2. The van der Waals surface area contributed by atoms with Gasteiger partial charge in [0, 0.05) is 148 Å². The molecule has 2 aromatic carbocycles. The summed E-state index contributed by atoms with van der Waals surface area (Å²) in [6.07, 6.45) is 0.832. The number of nitrogens with zero attached hydrogens (tertiary/aromatic N) is 13. The number of alkyl halides is 6. The number of aryl methyl sites for hydroxylation is 5. The normalized spacial score (nSPS) is 20.3. The third-order valence-corrected chi connectivity index (χ3v) is 23.3. The van der Waals surface area contributed by atoms with Gasteiger partial charge >= 0.3 is 40.1 Å². The number of likely N-dealkylation sites (tertiary alicyclic amines) is 1. The summed E-state index contributed by atoms with van der Waals surface area (Å²) in [6.45, 7) is 38.6. The Kier molecular flexibility index (Phi) is 34.7. The maximum atomic E-state index is 12.5. The monoisotopic (exact) mass is 1830 g/mol. The molecule has 8 saturated heterocycles. The van der Waals surface area contributed by atoms with Crippen LogP contribution in [0.4, 0.5) is 60.0 Å². The first-order chi connectivity index (χ1) is 57.6. The van der Waals surface area contributed by atoms with Crippen LogP contribution in [0.3, 0.4) is 0 Å². The summed E-state index contributed by atoms with van der Waals surface area (Å²) >= 11 is 24.1. The Balaban J connectivity index is 0.000000167. The minimum Gasteiger partial charge on any atom is -0.399 e. The molecule has 0 radical (unpaired) electrons. The number of carbonyl (C=O) groups excluding carboxylic acids is 1. The molecule has 0 unspecified atom stereocenters. The topological polar surface area (TPSA) is 274 Å². The number of hydrogen-bond donors (Lipinski definition) is 3. The van der Waals surface area contributed by atoms with E-state index in [2.05, 4.69) is 92.7 Å². The van der Waals surface area contributed by atoms with Gasteiger partial charge < -0.3 is 78.1 Å². The lowest BCUT2D eigenvalue weighted by Gasteiger charge is -2.32. The number of morpholine rings is 3. The molecule has 28 nitrogen and oxygen atoms in total. The van der Waals surface area contributed by atoms with Crippen molar-refractivity contribution < 1.29 is 82.7 Å². The fraction of sp³-hybridized carbons (Fsp3) is 0.549. The van der Waals surface area contributed by atoms with Crippen molar-refractivity contribution in [2.75, 3.05) is 131 Å². The standard InChI is InChI=1S/C19H26BF3N2O4.C13H20BNO2.2C13H15ClN4O.C10H17BN2O2.C9H10Cl2N2O.C5H8F3NO.ClH/c1-12-6-7-13(10-15(12)20-28-17(2,3)18(4,5)29-20)24-16(26)25-9-8-14(11-25)27-19(21,22)23;1-9-6-7-10(15)8-11(9)14-16-12(2,3)13(4,5)17-14;2*1-17-9-10(8-15-17)12-6-11(14)7-13(16-12)18-2-4-19-5-3-18;1-9(2)10(3,4)15-11(14-9)8-6-12-13(5)7-8;10-7-5-8(11)12-9(6-7)13-1-3-14-4-2-13;6-5(7,8)10-4-1-2-9-3-4;/h6-7,10,14H,8-9,11H2,1-5H3,(H,24,26);6-8H,15H2,1-5H3;2*6-9H,2-5H2,1H3;6-7H,1-5H3;5-6H,1-4H2;4,9H,1-3H2;1H/t14-;;;;;;4-;/m1.....1./s1. The van der Waals surface area contributed by atoms with Gasteiger partial charge in [0.15, 0.2) is 0 Å². The van der Waals surface area contributed by atoms with Crippen molar-refractivity contribution >= 4 is 131 Å². The molecule has 8 aliphatic rings. The quantitative estimate of drug-likeness (QED) is 0.0470. The van der Waals surface area contributed by atoms with E-state index in [-0.39, 0.29) is 68.6 Å². The Morgan fingerprint density at radius 1 is 0.500 bits per heavy atom. The number of anilines is 5. The van der Waals surface area contributed by atoms with Gasteiger partial charge in [0.1, 0.15) is 22.6 Å². The molecule has 124 heavy (non-hydrogen) atoms. The average molecular weight is 1840 g/mol. The summed E-state index contributed by atoms with van der Waals surface area (Å²) in [5.41, 5.74) is 13.4. The second-order valence-electron chi connectivity index (χ2n) is 33.6. The van der Waals surface area contributed by atoms with Gasteiger partial charge in [-0.1, -0.05) is 69.7 Å². The predicted octanol–water partition coefficient (Wildman–Crippen LogP) is 13.5. The van der Waals surface area contributed by atoms with E-state index in [1.807, 2.05) is 164 Å². The molecule has 8 fully saturated rings. The van der Waals surface area contributed by atoms with Gasteiger partial charge in [0.2, 0.25) is 0 Å². The van der Waals surface area contributed by atoms with Crippen LogP contribution in [0.15, 0.2) is 110 Å². The molecule has 0 bridgehead atoms. The molecule has 42 heteroatoms. The van der Waals surface area contributed by atoms with Gasteiger partial charge in [-0.15, -0.1) is 38.7 Å². The number of benzene rings is 2. The number of nitrogens with two attached hydrogens (primary N) is 1. The highest BCUT2D eigenvalue weighted by molar-refractivity contribution is 6.63. The van der Waals surface area contributed by atoms with Crippen LogP contribution < -0.4 is 47.5 Å². The summed E-state index contributed by atoms with van der Waals surface area (Å²) in [5, 5.41) is 20.4. The highest BCUT2D eigenvalue weighted by Gasteiger charge is 2.55. The molecule has 6 aromatic heterocycles. The van der Waals surface area contributed by atoms with Crippen LogP contribution in [0.2, 0.25) is 20.2 Å². The Hall–Kier alpha value is -7.27. The number of halogens is 11. The van der Waals surface area contributed by atoms with Crippen molar-refractivity contribution in [3.63, 3.8) is 0 Å². The molecular weight excluding hydrogens is 1720 g/mol. The first-order valence-corrected chi connectivity index (χ1v) is 42.0. The Morgan fingerprint density at radius 2 is 0.887 bits per heavy atom. The molecule has 0 saturated carbocycles. The van der Waals surface area contributed by atoms with Crippen LogP contribution in [-0.4, -0.2) is 240 Å². The van der Waals surface area contributed by atoms with Crippen LogP contribution >= 0.6 is 58.8 Å². The van der Waals surface area contributed by atoms with Crippen molar-refractivity contribution in [3.8, 4) is 22.5 Å². The van der Waals surface area contributed by atoms with E-state index in [0.29, 0.717) is 45.4 Å². The zero-order valence-corrected chi connectivity index (χ0v) is 76.8. The van der Waals surface area contributed by atoms with Gasteiger partial charge in [-0.3, -0.25) is 23.5 Å². The van der Waals surface area contributed by atoms with Crippen LogP contribution in [0, 0.1) is 13.8 Å². The number of amides is 2. The van der Waals surface area contributed by atoms with Gasteiger partial charge in [-0.2, -0.15) is 15.3 Å². The summed E-state index contributed by atoms with van der Waals surface area (Å²) in [5.74, 6) is 2.62. The summed E-state index contributed by atoms with van der Waals surface area (Å²) < 4.78 is 136. The number of pyridine rings is 3. The summed E-state index contributed by atoms with van der Waals surface area (Å²) in [6, 6.07) is 21.7. The number of rotatable bonds is 11. The van der Waals surface area contributed by atoms with E-state index in [1.165, 1.54) is 4.90 Å². The van der Waals surface area contributed by atoms with Gasteiger partial charge in [0.25, 0.3) is 0 Å². The van der Waals surface area contributed by atoms with E-state index in [9.17, 15) is 31.1 Å². The van der Waals surface area contributed by atoms with Crippen molar-refractivity contribution in [2.45, 2.75) is 168 Å². The molecule has 16 rings (SSSR count). The molecule has 0 aliphatic carbocycles. The molecule has 8 aromatic rings. The lowest BCUT2D eigenvalue weighted by molar-refractivity contribution is -0.341. The summed E-state index contributed by atoms with van der Waals surface area (Å²) in [7, 11) is 4.45. The number of carbonyl (C=O) groups is 1. The van der Waals surface area contributed by atoms with Crippen molar-refractivity contribution in [1.29, 1.82) is 0 Å². The number of ether oxygens (including phenoxy) is 5. The fourth-order valence-electron chi connectivity index (χ4n) is 13.4. The third-order valence-electron chi connectivity index (χ3n) is 22.5. The first kappa shape index (κ1) is 100. The van der Waals surface area contributed by atoms with E-state index < -0.39 is 49.3 Å². The van der Waals surface area contributed by atoms with Gasteiger partial charge in [-0.05, 0) is 188 Å². The Morgan fingerprint density at radius 3 is 1.27 bits per heavy atom. The number of hydrogen-bond acceptors (Lipinski definition) is 23. The maximum Gasteiger partial charge on any atom is 0.522 e. The zero-order valence-electron chi connectivity index (χ0n) is 73.0. The number of aromatic nitrogens is 9. The minimum atomic E-state index is -4.70. The highest BCUT2D eigenvalue weighted by Crippen LogP contribution is 2.40. The highest BCUT2D eigenvalue weighted by atomic mass is 35.5. The van der Waals surface area contributed by atoms with Crippen molar-refractivity contribution in [3.05, 3.63) is 141 Å². The second-order valence-corrected chi connectivity index (χ2v) is 35.3. The molecular formula is C82H112B3Cl5F6N16O12. The number of nitrogen functional groups attached to an aromatic ring is 1. The first-order valence-electron chi connectivity index (χ1n) is 40.5. The lowest BCUT2D eigenvalue weighted by atomic mass is 9.76. The SMILES string of the molecule is Cc1ccc(N)cc1B1OC(C)(C)C(C)(C)O1.Cc1ccc(NC(=O)N2CC[C@@H](OC(F)(F)F)C2)cc1B1OC(C)(C)C(C)(C)O1.Cl.Clc1cc(Cl)nc(N2CCOCC2)c1.Cn1cc(-c2cc(Cl)cc(N3CCOCC3)n2)cn1.Cn1cc(-c2cc(Cl)cc(N3CCOCC3)n2)cn1.Cn1cc(B2OC(C)(C)C(C)(C)O2)cn1.FC(F)(F)O[C@@H]1CCNC1. The zero-order chi connectivity index (χ0) is 89.8. The molecule has 2 atom stereocenters. The van der Waals surface area contributed by atoms with E-state index in [1.54, 1.807) is 50.8 Å². The van der Waals surface area contributed by atoms with Crippen LogP contribution in [-0.2, 0) is 72.8 Å². The van der Waals surface area contributed by atoms with Gasteiger partial charge in [0.05, 0.1) is 109 Å². The van der Waals surface area contributed by atoms with Crippen molar-refractivity contribution in [2.24, 2.45) is 21.1 Å². The second kappa shape index (κ2) is 42.8. The maximum absolute atomic E-state index is 12.5. The Bertz CT molecular complexity index is 4630. The number of urea groups is 1. The number of nitrogens with one attached hydrogen (secondary N) is 2. The van der Waals surface area contributed by atoms with Crippen LogP contribution in [0.5, 0.6) is 0 Å². The third kappa shape index (κ3) is 28.4. The van der Waals surface area contributed by atoms with Gasteiger partial charge in [-0.25, -0.2) is 19.7 Å². The van der Waals surface area contributed by atoms with Crippen molar-refractivity contribution in [1.82, 2.24) is 54.5 Å². The molecule has 8 aliphatic heterocycles. The molecule has 0 spiro atoms. The van der Waals surface area contributed by atoms with E-state index in [0.717, 1.165) is 152 Å². The largest absolute Gasteiger partial charge is 0.522 e. The molecule has 14 heterocycles. The molecule has 2 amide bonds. The molecule has 4 N–H and O–H groups in total. The van der Waals surface area contributed by atoms with Crippen LogP contribution in [0.25, 0.3) is 22.5 Å². The molecule has 678 valence electrons. The van der Waals surface area contributed by atoms with E-state index >= 15 is 0 Å². The Labute approximate surface area is 748 Å². The van der Waals surface area contributed by atoms with E-state index in [4.69, 9.17) is 94.3 Å². The lowest BCUT2D eigenvalue weighted by Crippen LogP contribution is -2.41.